The summed E-state index contributed by atoms with van der Waals surface area (Å²) in [5.41, 5.74) is 0.758. The molecule has 4 rings (SSSR count). The van der Waals surface area contributed by atoms with Gasteiger partial charge in [0.25, 0.3) is 5.91 Å². The Bertz CT molecular complexity index is 887. The lowest BCUT2D eigenvalue weighted by atomic mass is 9.97. The van der Waals surface area contributed by atoms with Crippen molar-refractivity contribution in [3.8, 4) is 0 Å². The number of carbonyl (C=O) groups excluding carboxylic acids is 1. The van der Waals surface area contributed by atoms with Crippen molar-refractivity contribution in [1.29, 1.82) is 0 Å². The third kappa shape index (κ3) is 4.34. The largest absolute Gasteiger partial charge is 0.352 e. The molecule has 6 heteroatoms. The van der Waals surface area contributed by atoms with Crippen LogP contribution >= 0.6 is 0 Å². The van der Waals surface area contributed by atoms with Crippen molar-refractivity contribution in [3.05, 3.63) is 60.7 Å². The molecule has 0 aliphatic carbocycles. The van der Waals surface area contributed by atoms with Crippen molar-refractivity contribution < 1.29 is 4.79 Å². The van der Waals surface area contributed by atoms with Crippen LogP contribution in [-0.2, 0) is 6.54 Å². The lowest BCUT2D eigenvalue weighted by Crippen LogP contribution is -2.42. The number of hydrogen-bond acceptors (Lipinski definition) is 4. The molecule has 1 fully saturated rings. The fraction of sp³-hybridized carbons (Fsp3) is 0.381. The van der Waals surface area contributed by atoms with E-state index in [4.69, 9.17) is 0 Å². The average molecular weight is 363 g/mol. The van der Waals surface area contributed by atoms with E-state index in [0.29, 0.717) is 5.92 Å². The van der Waals surface area contributed by atoms with Crippen LogP contribution in [0.1, 0.15) is 23.2 Å². The molecular weight excluding hydrogens is 338 g/mol. The van der Waals surface area contributed by atoms with Crippen LogP contribution in [0.2, 0.25) is 0 Å². The van der Waals surface area contributed by atoms with Crippen LogP contribution < -0.4 is 5.32 Å². The van der Waals surface area contributed by atoms with Gasteiger partial charge in [0, 0.05) is 31.7 Å². The molecule has 6 nitrogen and oxygen atoms in total. The van der Waals surface area contributed by atoms with Crippen molar-refractivity contribution in [3.63, 3.8) is 0 Å². The Morgan fingerprint density at radius 2 is 1.89 bits per heavy atom. The van der Waals surface area contributed by atoms with Gasteiger partial charge in [0.05, 0.1) is 0 Å². The number of likely N-dealkylation sites (tertiary alicyclic amines) is 1. The van der Waals surface area contributed by atoms with E-state index in [9.17, 15) is 4.79 Å². The second kappa shape index (κ2) is 8.31. The van der Waals surface area contributed by atoms with Gasteiger partial charge >= 0.3 is 0 Å². The summed E-state index contributed by atoms with van der Waals surface area (Å²) in [6, 6.07) is 13.9. The number of benzene rings is 2. The highest BCUT2D eigenvalue weighted by Crippen LogP contribution is 2.19. The molecule has 1 N–H and O–H groups in total. The van der Waals surface area contributed by atoms with Gasteiger partial charge in [0.15, 0.2) is 0 Å². The van der Waals surface area contributed by atoms with Gasteiger partial charge in [-0.25, -0.2) is 0 Å². The normalized spacial score (nSPS) is 17.9. The fourth-order valence-electron chi connectivity index (χ4n) is 3.87. The second-order valence-electron chi connectivity index (χ2n) is 7.25. The van der Waals surface area contributed by atoms with E-state index in [2.05, 4.69) is 20.4 Å². The van der Waals surface area contributed by atoms with Gasteiger partial charge in [-0.2, -0.15) is 0 Å². The summed E-state index contributed by atoms with van der Waals surface area (Å²) in [5, 5.41) is 13.0. The molecule has 2 heterocycles. The number of piperidine rings is 1. The van der Waals surface area contributed by atoms with Gasteiger partial charge < -0.3 is 14.8 Å². The topological polar surface area (TPSA) is 63.1 Å². The third-order valence-electron chi connectivity index (χ3n) is 5.33. The zero-order valence-electron chi connectivity index (χ0n) is 15.4. The molecule has 2 aromatic carbocycles. The standard InChI is InChI=1S/C21H25N5O/c27-21(20-9-3-7-18-6-1-2-8-19(18)20)22-13-17-5-4-10-25(14-17)11-12-26-15-23-24-16-26/h1-3,6-9,15-17H,4-5,10-14H2,(H,22,27)/t17-/m1/s1. The molecule has 140 valence electrons. The Hall–Kier alpha value is -2.73. The summed E-state index contributed by atoms with van der Waals surface area (Å²) in [6.45, 7) is 4.77. The predicted octanol–water partition coefficient (Wildman–Crippen LogP) is 2.57. The molecule has 0 bridgehead atoms. The number of hydrogen-bond donors (Lipinski definition) is 1. The molecule has 1 aliphatic heterocycles. The number of aromatic nitrogens is 3. The quantitative estimate of drug-likeness (QED) is 0.731. The van der Waals surface area contributed by atoms with Crippen LogP contribution in [0.5, 0.6) is 0 Å². The Labute approximate surface area is 159 Å². The van der Waals surface area contributed by atoms with Gasteiger partial charge in [0.2, 0.25) is 0 Å². The van der Waals surface area contributed by atoms with Crippen molar-refractivity contribution >= 4 is 16.7 Å². The number of nitrogens with one attached hydrogen (secondary N) is 1. The molecule has 0 spiro atoms. The number of rotatable bonds is 6. The van der Waals surface area contributed by atoms with Gasteiger partial charge in [0.1, 0.15) is 12.7 Å². The highest BCUT2D eigenvalue weighted by Gasteiger charge is 2.20. The number of carbonyl (C=O) groups is 1. The first-order valence-corrected chi connectivity index (χ1v) is 9.60. The molecule has 1 aliphatic rings. The maximum absolute atomic E-state index is 12.7. The van der Waals surface area contributed by atoms with Crippen LogP contribution in [0.3, 0.4) is 0 Å². The Morgan fingerprint density at radius 1 is 1.07 bits per heavy atom. The maximum Gasteiger partial charge on any atom is 0.251 e. The molecule has 1 saturated heterocycles. The van der Waals surface area contributed by atoms with Crippen molar-refractivity contribution in [1.82, 2.24) is 25.0 Å². The van der Waals surface area contributed by atoms with Crippen LogP contribution in [0.25, 0.3) is 10.8 Å². The first-order chi connectivity index (χ1) is 13.3. The highest BCUT2D eigenvalue weighted by molar-refractivity contribution is 6.06. The minimum absolute atomic E-state index is 0.0217. The Morgan fingerprint density at radius 3 is 2.78 bits per heavy atom. The smallest absolute Gasteiger partial charge is 0.251 e. The molecule has 27 heavy (non-hydrogen) atoms. The molecule has 0 radical (unpaired) electrons. The highest BCUT2D eigenvalue weighted by atomic mass is 16.1. The van der Waals surface area contributed by atoms with Crippen LogP contribution in [0.15, 0.2) is 55.1 Å². The van der Waals surface area contributed by atoms with Crippen LogP contribution in [0, 0.1) is 5.92 Å². The monoisotopic (exact) mass is 363 g/mol. The molecular formula is C21H25N5O. The number of fused-ring (bicyclic) bond motifs is 1. The van der Waals surface area contributed by atoms with Crippen LogP contribution in [-0.4, -0.2) is 51.8 Å². The van der Waals surface area contributed by atoms with Crippen molar-refractivity contribution in [2.75, 3.05) is 26.2 Å². The number of amides is 1. The van der Waals surface area contributed by atoms with E-state index in [1.54, 1.807) is 12.7 Å². The molecule has 3 aromatic rings. The molecule has 0 saturated carbocycles. The Balaban J connectivity index is 1.31. The number of nitrogens with zero attached hydrogens (tertiary/aromatic N) is 4. The molecule has 1 aromatic heterocycles. The zero-order chi connectivity index (χ0) is 18.5. The summed E-state index contributed by atoms with van der Waals surface area (Å²) >= 11 is 0. The Kier molecular flexibility index (Phi) is 5.44. The van der Waals surface area contributed by atoms with Gasteiger partial charge in [-0.3, -0.25) is 4.79 Å². The first-order valence-electron chi connectivity index (χ1n) is 9.60. The van der Waals surface area contributed by atoms with E-state index in [-0.39, 0.29) is 5.91 Å². The summed E-state index contributed by atoms with van der Waals surface area (Å²) in [6.07, 6.45) is 5.85. The van der Waals surface area contributed by atoms with Crippen LogP contribution in [0.4, 0.5) is 0 Å². The molecule has 1 amide bonds. The van der Waals surface area contributed by atoms with E-state index in [1.165, 1.54) is 12.8 Å². The first kappa shape index (κ1) is 17.7. The zero-order valence-corrected chi connectivity index (χ0v) is 15.4. The van der Waals surface area contributed by atoms with E-state index < -0.39 is 0 Å². The molecule has 0 unspecified atom stereocenters. The summed E-state index contributed by atoms with van der Waals surface area (Å²) in [4.78, 5) is 15.2. The lowest BCUT2D eigenvalue weighted by Gasteiger charge is -2.32. The van der Waals surface area contributed by atoms with Crippen molar-refractivity contribution in [2.45, 2.75) is 19.4 Å². The summed E-state index contributed by atoms with van der Waals surface area (Å²) < 4.78 is 2.01. The lowest BCUT2D eigenvalue weighted by molar-refractivity contribution is 0.0933. The van der Waals surface area contributed by atoms with Gasteiger partial charge in [-0.1, -0.05) is 36.4 Å². The average Bonchev–Trinajstić information content (AvgIpc) is 3.24. The summed E-state index contributed by atoms with van der Waals surface area (Å²) in [5.74, 6) is 0.520. The van der Waals surface area contributed by atoms with E-state index in [0.717, 1.165) is 49.1 Å². The van der Waals surface area contributed by atoms with E-state index in [1.807, 2.05) is 47.0 Å². The van der Waals surface area contributed by atoms with Gasteiger partial charge in [-0.05, 0) is 42.1 Å². The minimum atomic E-state index is 0.0217. The second-order valence-corrected chi connectivity index (χ2v) is 7.25. The SMILES string of the molecule is O=C(NC[C@H]1CCCN(CCn2cnnc2)C1)c1cccc2ccccc12. The van der Waals surface area contributed by atoms with E-state index >= 15 is 0 Å². The van der Waals surface area contributed by atoms with Gasteiger partial charge in [-0.15, -0.1) is 10.2 Å². The van der Waals surface area contributed by atoms with Crippen molar-refractivity contribution in [2.24, 2.45) is 5.92 Å². The third-order valence-corrected chi connectivity index (χ3v) is 5.33. The summed E-state index contributed by atoms with van der Waals surface area (Å²) in [7, 11) is 0. The maximum atomic E-state index is 12.7. The molecule has 1 atom stereocenters. The predicted molar refractivity (Wildman–Crippen MR) is 105 cm³/mol. The minimum Gasteiger partial charge on any atom is -0.352 e. The fourth-order valence-corrected chi connectivity index (χ4v) is 3.87.